The summed E-state index contributed by atoms with van der Waals surface area (Å²) < 4.78 is 8.60. The lowest BCUT2D eigenvalue weighted by Gasteiger charge is -1.99. The van der Waals surface area contributed by atoms with Crippen LogP contribution in [0, 0.1) is 4.77 Å². The SMILES string of the molecule is S=c1[nH]ncn1/N=C\c1ccc(-c2ccccc2Br)o1. The Morgan fingerprint density at radius 2 is 2.15 bits per heavy atom. The van der Waals surface area contributed by atoms with Gasteiger partial charge in [0, 0.05) is 10.0 Å². The maximum atomic E-state index is 5.73. The summed E-state index contributed by atoms with van der Waals surface area (Å²) in [6, 6.07) is 11.6. The predicted octanol–water partition coefficient (Wildman–Crippen LogP) is 3.85. The number of benzene rings is 1. The largest absolute Gasteiger partial charge is 0.455 e. The normalized spacial score (nSPS) is 11.2. The highest BCUT2D eigenvalue weighted by molar-refractivity contribution is 9.10. The van der Waals surface area contributed by atoms with Crippen LogP contribution in [0.1, 0.15) is 5.76 Å². The topological polar surface area (TPSA) is 59.1 Å². The molecule has 5 nitrogen and oxygen atoms in total. The molecule has 0 saturated heterocycles. The van der Waals surface area contributed by atoms with Crippen molar-refractivity contribution in [2.75, 3.05) is 0 Å². The average molecular weight is 349 g/mol. The molecule has 2 aromatic heterocycles. The molecule has 0 radical (unpaired) electrons. The van der Waals surface area contributed by atoms with Gasteiger partial charge in [0.2, 0.25) is 4.77 Å². The summed E-state index contributed by atoms with van der Waals surface area (Å²) in [5, 5.41) is 10.6. The first-order valence-corrected chi connectivity index (χ1v) is 6.95. The van der Waals surface area contributed by atoms with E-state index in [9.17, 15) is 0 Å². The van der Waals surface area contributed by atoms with Gasteiger partial charge in [-0.15, -0.1) is 0 Å². The van der Waals surface area contributed by atoms with E-state index in [0.29, 0.717) is 10.5 Å². The van der Waals surface area contributed by atoms with Crippen LogP contribution >= 0.6 is 28.1 Å². The van der Waals surface area contributed by atoms with E-state index in [-0.39, 0.29) is 0 Å². The third kappa shape index (κ3) is 2.63. The van der Waals surface area contributed by atoms with Gasteiger partial charge in [-0.05, 0) is 30.4 Å². The number of halogens is 1. The van der Waals surface area contributed by atoms with Gasteiger partial charge in [-0.1, -0.05) is 34.1 Å². The second-order valence-corrected chi connectivity index (χ2v) is 5.17. The monoisotopic (exact) mass is 348 g/mol. The number of furan rings is 1. The Balaban J connectivity index is 1.88. The minimum absolute atomic E-state index is 0.429. The van der Waals surface area contributed by atoms with E-state index in [2.05, 4.69) is 31.2 Å². The second kappa shape index (κ2) is 5.56. The zero-order valence-corrected chi connectivity index (χ0v) is 12.6. The Hall–Kier alpha value is -1.99. The summed E-state index contributed by atoms with van der Waals surface area (Å²) in [7, 11) is 0. The average Bonchev–Trinajstić information content (AvgIpc) is 3.06. The molecule has 0 aliphatic carbocycles. The van der Waals surface area contributed by atoms with Crippen LogP contribution in [-0.4, -0.2) is 21.1 Å². The zero-order chi connectivity index (χ0) is 13.9. The molecular weight excluding hydrogens is 340 g/mol. The van der Waals surface area contributed by atoms with Crippen LogP contribution in [-0.2, 0) is 0 Å². The van der Waals surface area contributed by atoms with Gasteiger partial charge in [0.25, 0.3) is 0 Å². The maximum absolute atomic E-state index is 5.73. The van der Waals surface area contributed by atoms with Crippen LogP contribution in [0.3, 0.4) is 0 Å². The van der Waals surface area contributed by atoms with Crippen LogP contribution < -0.4 is 0 Å². The van der Waals surface area contributed by atoms with Crippen LogP contribution in [0.25, 0.3) is 11.3 Å². The van der Waals surface area contributed by atoms with Crippen LogP contribution in [0.2, 0.25) is 0 Å². The molecular formula is C13H9BrN4OS. The molecule has 0 amide bonds. The molecule has 3 aromatic rings. The number of nitrogens with one attached hydrogen (secondary N) is 1. The summed E-state index contributed by atoms with van der Waals surface area (Å²) in [5.41, 5.74) is 0.993. The first-order chi connectivity index (χ1) is 9.74. The minimum Gasteiger partial charge on any atom is -0.455 e. The first kappa shape index (κ1) is 13.0. The molecule has 1 aromatic carbocycles. The van der Waals surface area contributed by atoms with E-state index < -0.39 is 0 Å². The molecule has 2 heterocycles. The molecule has 100 valence electrons. The fourth-order valence-electron chi connectivity index (χ4n) is 1.67. The first-order valence-electron chi connectivity index (χ1n) is 5.75. The molecule has 0 spiro atoms. The molecule has 0 fully saturated rings. The summed E-state index contributed by atoms with van der Waals surface area (Å²) in [5.74, 6) is 1.41. The number of H-pyrrole nitrogens is 1. The highest BCUT2D eigenvalue weighted by Gasteiger charge is 2.06. The van der Waals surface area contributed by atoms with Crippen molar-refractivity contribution in [3.63, 3.8) is 0 Å². The van der Waals surface area contributed by atoms with E-state index >= 15 is 0 Å². The predicted molar refractivity (Wildman–Crippen MR) is 82.2 cm³/mol. The van der Waals surface area contributed by atoms with Crippen molar-refractivity contribution in [1.82, 2.24) is 14.9 Å². The number of nitrogens with zero attached hydrogens (tertiary/aromatic N) is 3. The van der Waals surface area contributed by atoms with Crippen LogP contribution in [0.15, 0.2) is 56.7 Å². The van der Waals surface area contributed by atoms with E-state index in [1.165, 1.54) is 11.0 Å². The molecule has 7 heteroatoms. The van der Waals surface area contributed by atoms with Gasteiger partial charge in [0.1, 0.15) is 17.8 Å². The maximum Gasteiger partial charge on any atom is 0.216 e. The van der Waals surface area contributed by atoms with Crippen LogP contribution in [0.5, 0.6) is 0 Å². The summed E-state index contributed by atoms with van der Waals surface area (Å²) in [6.45, 7) is 0. The van der Waals surface area contributed by atoms with E-state index in [1.807, 2.05) is 36.4 Å². The Kier molecular flexibility index (Phi) is 3.62. The van der Waals surface area contributed by atoms with Gasteiger partial charge in [-0.25, -0.2) is 0 Å². The van der Waals surface area contributed by atoms with E-state index in [1.54, 1.807) is 6.21 Å². The highest BCUT2D eigenvalue weighted by atomic mass is 79.9. The number of aromatic nitrogens is 3. The quantitative estimate of drug-likeness (QED) is 0.577. The van der Waals surface area contributed by atoms with Gasteiger partial charge < -0.3 is 4.42 Å². The van der Waals surface area contributed by atoms with Crippen molar-refractivity contribution in [3.8, 4) is 11.3 Å². The van der Waals surface area contributed by atoms with Crippen LogP contribution in [0.4, 0.5) is 0 Å². The molecule has 0 saturated carbocycles. The molecule has 0 bridgehead atoms. The van der Waals surface area contributed by atoms with Crippen molar-refractivity contribution in [2.24, 2.45) is 5.10 Å². The van der Waals surface area contributed by atoms with Crippen molar-refractivity contribution >= 4 is 34.4 Å². The Bertz CT molecular complexity index is 817. The van der Waals surface area contributed by atoms with Gasteiger partial charge in [-0.3, -0.25) is 5.10 Å². The molecule has 0 atom stereocenters. The Morgan fingerprint density at radius 3 is 2.90 bits per heavy atom. The van der Waals surface area contributed by atoms with Crippen molar-refractivity contribution in [1.29, 1.82) is 0 Å². The Labute approximate surface area is 128 Å². The fraction of sp³-hybridized carbons (Fsp3) is 0. The highest BCUT2D eigenvalue weighted by Crippen LogP contribution is 2.28. The zero-order valence-electron chi connectivity index (χ0n) is 10.2. The molecule has 0 aliphatic heterocycles. The summed E-state index contributed by atoms with van der Waals surface area (Å²) >= 11 is 8.49. The molecule has 20 heavy (non-hydrogen) atoms. The fourth-order valence-corrected chi connectivity index (χ4v) is 2.30. The minimum atomic E-state index is 0.429. The third-order valence-electron chi connectivity index (χ3n) is 2.61. The number of hydrogen-bond donors (Lipinski definition) is 1. The standard InChI is InChI=1S/C13H9BrN4OS/c14-11-4-2-1-3-10(11)12-6-5-9(19-12)7-16-18-8-15-17-13(18)20/h1-8H,(H,17,20)/b16-7-. The number of hydrogen-bond acceptors (Lipinski definition) is 4. The van der Waals surface area contributed by atoms with Gasteiger partial charge >= 0.3 is 0 Å². The van der Waals surface area contributed by atoms with E-state index in [4.69, 9.17) is 16.6 Å². The van der Waals surface area contributed by atoms with E-state index in [0.717, 1.165) is 15.8 Å². The second-order valence-electron chi connectivity index (χ2n) is 3.93. The van der Waals surface area contributed by atoms with Gasteiger partial charge in [-0.2, -0.15) is 14.9 Å². The molecule has 0 aliphatic rings. The van der Waals surface area contributed by atoms with Crippen molar-refractivity contribution in [3.05, 3.63) is 57.7 Å². The van der Waals surface area contributed by atoms with Crippen molar-refractivity contribution < 1.29 is 4.42 Å². The smallest absolute Gasteiger partial charge is 0.216 e. The van der Waals surface area contributed by atoms with Gasteiger partial charge in [0.15, 0.2) is 0 Å². The summed E-state index contributed by atoms with van der Waals surface area (Å²) in [4.78, 5) is 0. The number of rotatable bonds is 3. The summed E-state index contributed by atoms with van der Waals surface area (Å²) in [6.07, 6.45) is 3.09. The number of aromatic amines is 1. The molecule has 1 N–H and O–H groups in total. The Morgan fingerprint density at radius 1 is 1.30 bits per heavy atom. The lowest BCUT2D eigenvalue weighted by molar-refractivity contribution is 0.574. The van der Waals surface area contributed by atoms with Crippen molar-refractivity contribution in [2.45, 2.75) is 0 Å². The molecule has 0 unspecified atom stereocenters. The molecule has 3 rings (SSSR count). The lowest BCUT2D eigenvalue weighted by atomic mass is 10.2. The lowest BCUT2D eigenvalue weighted by Crippen LogP contribution is -1.87. The third-order valence-corrected chi connectivity index (χ3v) is 3.58. The van der Waals surface area contributed by atoms with Gasteiger partial charge in [0.05, 0.1) is 6.21 Å².